The van der Waals surface area contributed by atoms with E-state index in [0.29, 0.717) is 12.0 Å². The van der Waals surface area contributed by atoms with E-state index in [0.717, 1.165) is 18.5 Å². The predicted octanol–water partition coefficient (Wildman–Crippen LogP) is 4.10. The molecule has 0 saturated carbocycles. The van der Waals surface area contributed by atoms with Gasteiger partial charge in [-0.1, -0.05) is 13.8 Å². The van der Waals surface area contributed by atoms with Gasteiger partial charge in [0.2, 0.25) is 0 Å². The van der Waals surface area contributed by atoms with Crippen LogP contribution in [-0.2, 0) is 6.42 Å². The third-order valence-electron chi connectivity index (χ3n) is 3.57. The molecule has 2 atom stereocenters. The van der Waals surface area contributed by atoms with Gasteiger partial charge in [-0.15, -0.1) is 11.3 Å². The summed E-state index contributed by atoms with van der Waals surface area (Å²) in [6.07, 6.45) is 5.87. The summed E-state index contributed by atoms with van der Waals surface area (Å²) in [6.45, 7) is 8.80. The van der Waals surface area contributed by atoms with Crippen molar-refractivity contribution in [2.45, 2.75) is 52.6 Å². The van der Waals surface area contributed by atoms with Gasteiger partial charge in [-0.2, -0.15) is 0 Å². The van der Waals surface area contributed by atoms with Crippen molar-refractivity contribution in [3.8, 4) is 0 Å². The summed E-state index contributed by atoms with van der Waals surface area (Å²) in [5.41, 5.74) is 7.47. The lowest BCUT2D eigenvalue weighted by molar-refractivity contribution is 0.456. The van der Waals surface area contributed by atoms with Crippen LogP contribution in [0.15, 0.2) is 24.7 Å². The molecule has 0 aromatic carbocycles. The number of nitrogens with two attached hydrogens (primary N) is 1. The highest BCUT2D eigenvalue weighted by Crippen LogP contribution is 2.25. The zero-order valence-electron chi connectivity index (χ0n) is 12.8. The molecular weight excluding hydrogens is 266 g/mol. The molecule has 2 heterocycles. The maximum atomic E-state index is 6.32. The Hall–Kier alpha value is -1.13. The van der Waals surface area contributed by atoms with Crippen LogP contribution in [-0.4, -0.2) is 9.55 Å². The molecular formula is C16H25N3S. The lowest BCUT2D eigenvalue weighted by Crippen LogP contribution is -2.19. The molecule has 110 valence electrons. The minimum atomic E-state index is 0.0741. The maximum absolute atomic E-state index is 6.32. The molecule has 0 aliphatic heterocycles. The van der Waals surface area contributed by atoms with Crippen molar-refractivity contribution in [2.75, 3.05) is 0 Å². The summed E-state index contributed by atoms with van der Waals surface area (Å²) in [4.78, 5) is 7.10. The molecule has 2 aromatic rings. The summed E-state index contributed by atoms with van der Waals surface area (Å²) >= 11 is 1.87. The molecule has 0 bridgehead atoms. The molecule has 0 amide bonds. The molecule has 3 nitrogen and oxygen atoms in total. The normalized spacial score (nSPS) is 14.7. The van der Waals surface area contributed by atoms with E-state index in [1.165, 1.54) is 9.75 Å². The van der Waals surface area contributed by atoms with Gasteiger partial charge in [-0.05, 0) is 38.3 Å². The fourth-order valence-corrected chi connectivity index (χ4v) is 3.59. The first-order valence-electron chi connectivity index (χ1n) is 7.30. The molecule has 0 saturated heterocycles. The lowest BCUT2D eigenvalue weighted by Gasteiger charge is -2.20. The Balaban J connectivity index is 2.10. The van der Waals surface area contributed by atoms with Crippen molar-refractivity contribution >= 4 is 11.3 Å². The molecule has 4 heteroatoms. The Morgan fingerprint density at radius 2 is 2.05 bits per heavy atom. The van der Waals surface area contributed by atoms with Crippen LogP contribution in [0.4, 0.5) is 0 Å². The Kier molecular flexibility index (Phi) is 5.00. The fraction of sp³-hybridized carbons (Fsp3) is 0.562. The van der Waals surface area contributed by atoms with E-state index in [1.54, 1.807) is 0 Å². The standard InChI is InChI=1S/C16H25N3S/c1-11(2)7-15(17)16-9-18-10-19(16)12(3)8-14-6-5-13(4)20-14/h5-6,9-12,15H,7-8,17H2,1-4H3. The zero-order valence-corrected chi connectivity index (χ0v) is 13.7. The van der Waals surface area contributed by atoms with Crippen LogP contribution in [0, 0.1) is 12.8 Å². The number of rotatable bonds is 6. The van der Waals surface area contributed by atoms with E-state index in [9.17, 15) is 0 Å². The number of aryl methyl sites for hydroxylation is 1. The van der Waals surface area contributed by atoms with Gasteiger partial charge < -0.3 is 10.3 Å². The Morgan fingerprint density at radius 1 is 1.30 bits per heavy atom. The first kappa shape index (κ1) is 15.3. The highest BCUT2D eigenvalue weighted by atomic mass is 32.1. The van der Waals surface area contributed by atoms with Gasteiger partial charge in [0.1, 0.15) is 0 Å². The number of nitrogens with zero attached hydrogens (tertiary/aromatic N) is 2. The average Bonchev–Trinajstić information content (AvgIpc) is 2.97. The van der Waals surface area contributed by atoms with Gasteiger partial charge in [0.25, 0.3) is 0 Å². The molecule has 2 N–H and O–H groups in total. The first-order valence-corrected chi connectivity index (χ1v) is 8.11. The SMILES string of the molecule is Cc1ccc(CC(C)n2cncc2C(N)CC(C)C)s1. The quantitative estimate of drug-likeness (QED) is 0.870. The van der Waals surface area contributed by atoms with Crippen LogP contribution in [0.2, 0.25) is 0 Å². The summed E-state index contributed by atoms with van der Waals surface area (Å²) in [6, 6.07) is 4.88. The first-order chi connectivity index (χ1) is 9.47. The van der Waals surface area contributed by atoms with E-state index < -0.39 is 0 Å². The van der Waals surface area contributed by atoms with Gasteiger partial charge >= 0.3 is 0 Å². The largest absolute Gasteiger partial charge is 0.330 e. The van der Waals surface area contributed by atoms with E-state index in [1.807, 2.05) is 23.9 Å². The smallest absolute Gasteiger partial charge is 0.0951 e. The number of imidazole rings is 1. The predicted molar refractivity (Wildman–Crippen MR) is 86.1 cm³/mol. The second-order valence-electron chi connectivity index (χ2n) is 6.03. The van der Waals surface area contributed by atoms with Gasteiger partial charge in [0.15, 0.2) is 0 Å². The molecule has 0 aliphatic rings. The van der Waals surface area contributed by atoms with E-state index in [4.69, 9.17) is 5.73 Å². The Bertz CT molecular complexity index is 541. The summed E-state index contributed by atoms with van der Waals surface area (Å²) < 4.78 is 2.24. The molecule has 0 spiro atoms. The molecule has 20 heavy (non-hydrogen) atoms. The van der Waals surface area contributed by atoms with Crippen molar-refractivity contribution < 1.29 is 0 Å². The molecule has 2 rings (SSSR count). The highest BCUT2D eigenvalue weighted by molar-refractivity contribution is 7.11. The number of thiophene rings is 1. The van der Waals surface area contributed by atoms with Crippen LogP contribution >= 0.6 is 11.3 Å². The lowest BCUT2D eigenvalue weighted by atomic mass is 10.0. The Labute approximate surface area is 125 Å². The summed E-state index contributed by atoms with van der Waals surface area (Å²) in [7, 11) is 0. The minimum Gasteiger partial charge on any atom is -0.330 e. The van der Waals surface area contributed by atoms with Gasteiger partial charge in [-0.3, -0.25) is 0 Å². The van der Waals surface area contributed by atoms with E-state index in [-0.39, 0.29) is 6.04 Å². The van der Waals surface area contributed by atoms with Gasteiger partial charge in [-0.25, -0.2) is 4.98 Å². The van der Waals surface area contributed by atoms with Crippen LogP contribution in [0.3, 0.4) is 0 Å². The van der Waals surface area contributed by atoms with Gasteiger partial charge in [0, 0.05) is 34.5 Å². The van der Waals surface area contributed by atoms with Crippen molar-refractivity contribution in [3.63, 3.8) is 0 Å². The molecule has 2 aromatic heterocycles. The van der Waals surface area contributed by atoms with Crippen molar-refractivity contribution in [1.82, 2.24) is 9.55 Å². The molecule has 0 radical (unpaired) electrons. The maximum Gasteiger partial charge on any atom is 0.0951 e. The number of aromatic nitrogens is 2. The minimum absolute atomic E-state index is 0.0741. The van der Waals surface area contributed by atoms with Crippen molar-refractivity contribution in [2.24, 2.45) is 11.7 Å². The van der Waals surface area contributed by atoms with Crippen molar-refractivity contribution in [1.29, 1.82) is 0 Å². The highest BCUT2D eigenvalue weighted by Gasteiger charge is 2.17. The number of hydrogen-bond donors (Lipinski definition) is 1. The fourth-order valence-electron chi connectivity index (χ4n) is 2.58. The van der Waals surface area contributed by atoms with Gasteiger partial charge in [0.05, 0.1) is 12.0 Å². The number of hydrogen-bond acceptors (Lipinski definition) is 3. The molecule has 0 fully saturated rings. The summed E-state index contributed by atoms with van der Waals surface area (Å²) in [5.74, 6) is 0.601. The molecule has 2 unspecified atom stereocenters. The third kappa shape index (κ3) is 3.70. The van der Waals surface area contributed by atoms with Crippen LogP contribution in [0.1, 0.15) is 54.7 Å². The van der Waals surface area contributed by atoms with E-state index in [2.05, 4.69) is 49.4 Å². The third-order valence-corrected chi connectivity index (χ3v) is 4.59. The van der Waals surface area contributed by atoms with Crippen LogP contribution in [0.5, 0.6) is 0 Å². The monoisotopic (exact) mass is 291 g/mol. The van der Waals surface area contributed by atoms with Crippen LogP contribution < -0.4 is 5.73 Å². The van der Waals surface area contributed by atoms with E-state index >= 15 is 0 Å². The zero-order chi connectivity index (χ0) is 14.7. The molecule has 0 aliphatic carbocycles. The second-order valence-corrected chi connectivity index (χ2v) is 7.40. The second kappa shape index (κ2) is 6.55. The Morgan fingerprint density at radius 3 is 2.65 bits per heavy atom. The topological polar surface area (TPSA) is 43.8 Å². The van der Waals surface area contributed by atoms with Crippen molar-refractivity contribution in [3.05, 3.63) is 40.1 Å². The van der Waals surface area contributed by atoms with Crippen LogP contribution in [0.25, 0.3) is 0 Å². The average molecular weight is 291 g/mol. The summed E-state index contributed by atoms with van der Waals surface area (Å²) in [5, 5.41) is 0.